The fourth-order valence-corrected chi connectivity index (χ4v) is 6.79. The number of primary amides is 1. The molecule has 11 heteroatoms. The summed E-state index contributed by atoms with van der Waals surface area (Å²) < 4.78 is 6.28. The number of nitrogens with zero attached hydrogens (tertiary/aromatic N) is 1. The van der Waals surface area contributed by atoms with Gasteiger partial charge in [0.2, 0.25) is 0 Å². The molecule has 1 unspecified atom stereocenters. The molecule has 2 aliphatic carbocycles. The molecule has 2 aromatic carbocycles. The van der Waals surface area contributed by atoms with Crippen molar-refractivity contribution < 1.29 is 35.1 Å². The van der Waals surface area contributed by atoms with Gasteiger partial charge in [-0.25, -0.2) is 4.79 Å². The van der Waals surface area contributed by atoms with Crippen LogP contribution in [0, 0.1) is 6.92 Å². The first-order valence-corrected chi connectivity index (χ1v) is 17.5. The monoisotopic (exact) mass is 676 g/mol. The van der Waals surface area contributed by atoms with E-state index in [9.17, 15) is 30.3 Å². The van der Waals surface area contributed by atoms with Crippen LogP contribution in [0.25, 0.3) is 11.1 Å². The first kappa shape index (κ1) is 36.7. The molecule has 266 valence electrons. The van der Waals surface area contributed by atoms with E-state index in [0.29, 0.717) is 13.0 Å². The highest BCUT2D eigenvalue weighted by molar-refractivity contribution is 5.74. The van der Waals surface area contributed by atoms with Gasteiger partial charge in [0.05, 0.1) is 18.8 Å². The molecule has 2 saturated carbocycles. The number of hydrogen-bond donors (Lipinski definition) is 8. The maximum atomic E-state index is 11.3. The normalized spacial score (nSPS) is 18.9. The Labute approximate surface area is 288 Å². The molecule has 0 spiro atoms. The molecule has 3 aromatic rings. The van der Waals surface area contributed by atoms with E-state index < -0.39 is 43.1 Å². The fraction of sp³-hybridized carbons (Fsp3) is 0.526. The van der Waals surface area contributed by atoms with Gasteiger partial charge in [-0.1, -0.05) is 55.3 Å². The van der Waals surface area contributed by atoms with Gasteiger partial charge in [-0.15, -0.1) is 0 Å². The number of ether oxygens (including phenoxy) is 1. The third-order valence-electron chi connectivity index (χ3n) is 10.0. The average molecular weight is 677 g/mol. The molecule has 1 heterocycles. The van der Waals surface area contributed by atoms with Crippen molar-refractivity contribution in [3.8, 4) is 16.9 Å². The summed E-state index contributed by atoms with van der Waals surface area (Å²) >= 11 is 0. The van der Waals surface area contributed by atoms with Crippen molar-refractivity contribution in [2.75, 3.05) is 13.2 Å². The van der Waals surface area contributed by atoms with Gasteiger partial charge in [-0.2, -0.15) is 0 Å². The summed E-state index contributed by atoms with van der Waals surface area (Å²) in [4.78, 5) is 15.5. The Hall–Kier alpha value is -3.58. The molecule has 5 rings (SSSR count). The van der Waals surface area contributed by atoms with E-state index >= 15 is 0 Å². The van der Waals surface area contributed by atoms with E-state index in [1.807, 2.05) is 30.6 Å². The summed E-state index contributed by atoms with van der Waals surface area (Å²) in [6.45, 7) is 3.51. The standard InChI is InChI=1S/C38H52N4O7/c1-3-6-25(13-15-38(48,23-43)35(46)34(45)32(44)22-41-36(39)47)28-12-9-24(2)19-26(28)20-42-37(16-17-37)31-21-40-18-14-29(31)30-7-4-5-8-33(30)49-27-10-11-27/h4-5,7-9,12,14,18-19,21,25,27,32,34-35,42-46,48H,3,6,10-11,13,15-17,20,22-23H2,1-2H3,(H3,39,41,47)/t25?,32-,34+,35+,38+/m0/s1. The number of rotatable bonds is 19. The highest BCUT2D eigenvalue weighted by atomic mass is 16.5. The quantitative estimate of drug-likeness (QED) is 0.0939. The molecule has 2 amide bonds. The summed E-state index contributed by atoms with van der Waals surface area (Å²) in [7, 11) is 0. The number of para-hydroxylation sites is 1. The number of benzene rings is 2. The Morgan fingerprint density at radius 3 is 2.53 bits per heavy atom. The van der Waals surface area contributed by atoms with Crippen LogP contribution in [0.3, 0.4) is 0 Å². The van der Waals surface area contributed by atoms with Crippen LogP contribution < -0.4 is 21.1 Å². The van der Waals surface area contributed by atoms with Gasteiger partial charge in [-0.3, -0.25) is 4.98 Å². The zero-order chi connectivity index (χ0) is 35.2. The lowest BCUT2D eigenvalue weighted by atomic mass is 9.80. The van der Waals surface area contributed by atoms with Crippen LogP contribution in [-0.2, 0) is 12.1 Å². The lowest BCUT2D eigenvalue weighted by Crippen LogP contribution is -2.57. The van der Waals surface area contributed by atoms with Crippen LogP contribution in [0.4, 0.5) is 4.79 Å². The molecule has 0 aliphatic heterocycles. The first-order chi connectivity index (χ1) is 23.5. The number of aromatic nitrogens is 1. The number of aliphatic hydroxyl groups is 5. The summed E-state index contributed by atoms with van der Waals surface area (Å²) in [6.07, 6.45) is 4.96. The second kappa shape index (κ2) is 16.0. The largest absolute Gasteiger partial charge is 0.490 e. The van der Waals surface area contributed by atoms with E-state index in [0.717, 1.165) is 77.7 Å². The van der Waals surface area contributed by atoms with Gasteiger partial charge in [-0.05, 0) is 92.2 Å². The zero-order valence-electron chi connectivity index (χ0n) is 28.5. The van der Waals surface area contributed by atoms with E-state index in [1.165, 1.54) is 0 Å². The van der Waals surface area contributed by atoms with Crippen molar-refractivity contribution in [2.45, 2.75) is 113 Å². The van der Waals surface area contributed by atoms with Crippen molar-refractivity contribution >= 4 is 6.03 Å². The Balaban J connectivity index is 1.34. The number of pyridine rings is 1. The molecule has 0 bridgehead atoms. The molecule has 0 saturated heterocycles. The Bertz CT molecular complexity index is 1560. The first-order valence-electron chi connectivity index (χ1n) is 17.5. The number of urea groups is 1. The predicted octanol–water partition coefficient (Wildman–Crippen LogP) is 3.52. The summed E-state index contributed by atoms with van der Waals surface area (Å²) in [5, 5.41) is 59.1. The van der Waals surface area contributed by atoms with Crippen LogP contribution >= 0.6 is 0 Å². The number of aryl methyl sites for hydroxylation is 1. The van der Waals surface area contributed by atoms with Crippen LogP contribution in [0.5, 0.6) is 5.75 Å². The van der Waals surface area contributed by atoms with Crippen LogP contribution in [0.15, 0.2) is 60.9 Å². The lowest BCUT2D eigenvalue weighted by Gasteiger charge is -2.36. The Morgan fingerprint density at radius 2 is 1.86 bits per heavy atom. The van der Waals surface area contributed by atoms with Crippen LogP contribution in [-0.4, -0.2) is 79.7 Å². The van der Waals surface area contributed by atoms with E-state index in [-0.39, 0.29) is 24.0 Å². The van der Waals surface area contributed by atoms with Gasteiger partial charge in [0.1, 0.15) is 23.6 Å². The summed E-state index contributed by atoms with van der Waals surface area (Å²) in [5.41, 5.74) is 9.42. The maximum Gasteiger partial charge on any atom is 0.312 e. The topological polar surface area (TPSA) is 190 Å². The Kier molecular flexibility index (Phi) is 12.0. The molecular formula is C38H52N4O7. The van der Waals surface area contributed by atoms with Gasteiger partial charge in [0.15, 0.2) is 0 Å². The van der Waals surface area contributed by atoms with Crippen LogP contribution in [0.1, 0.15) is 86.5 Å². The van der Waals surface area contributed by atoms with Gasteiger partial charge < -0.3 is 46.6 Å². The zero-order valence-corrected chi connectivity index (χ0v) is 28.5. The molecule has 9 N–H and O–H groups in total. The van der Waals surface area contributed by atoms with Gasteiger partial charge in [0.25, 0.3) is 0 Å². The molecule has 2 aliphatic rings. The molecule has 49 heavy (non-hydrogen) atoms. The van der Waals surface area contributed by atoms with Crippen molar-refractivity contribution in [2.24, 2.45) is 5.73 Å². The van der Waals surface area contributed by atoms with Crippen LogP contribution in [0.2, 0.25) is 0 Å². The van der Waals surface area contributed by atoms with E-state index in [4.69, 9.17) is 10.5 Å². The predicted molar refractivity (Wildman–Crippen MR) is 187 cm³/mol. The second-order valence-electron chi connectivity index (χ2n) is 13.9. The number of nitrogens with two attached hydrogens (primary N) is 1. The smallest absolute Gasteiger partial charge is 0.312 e. The highest BCUT2D eigenvalue weighted by Crippen LogP contribution is 2.50. The molecule has 1 aromatic heterocycles. The number of hydrogen-bond acceptors (Lipinski definition) is 9. The number of amides is 2. The van der Waals surface area contributed by atoms with Crippen molar-refractivity contribution in [3.05, 3.63) is 83.2 Å². The molecule has 5 atom stereocenters. The maximum absolute atomic E-state index is 11.3. The molecule has 2 fully saturated rings. The number of aliphatic hydroxyl groups excluding tert-OH is 4. The summed E-state index contributed by atoms with van der Waals surface area (Å²) in [5.74, 6) is 0.885. The van der Waals surface area contributed by atoms with E-state index in [2.05, 4.69) is 59.8 Å². The third-order valence-corrected chi connectivity index (χ3v) is 10.0. The van der Waals surface area contributed by atoms with Crippen molar-refractivity contribution in [1.82, 2.24) is 15.6 Å². The minimum Gasteiger partial charge on any atom is -0.490 e. The number of nitrogens with one attached hydrogen (secondary N) is 2. The summed E-state index contributed by atoms with van der Waals surface area (Å²) in [6, 6.07) is 15.8. The average Bonchev–Trinajstić information content (AvgIpc) is 4.05. The van der Waals surface area contributed by atoms with Crippen molar-refractivity contribution in [3.63, 3.8) is 0 Å². The lowest BCUT2D eigenvalue weighted by molar-refractivity contribution is -0.170. The molecule has 0 radical (unpaired) electrons. The highest BCUT2D eigenvalue weighted by Gasteiger charge is 2.46. The van der Waals surface area contributed by atoms with Gasteiger partial charge >= 0.3 is 6.03 Å². The van der Waals surface area contributed by atoms with E-state index in [1.54, 1.807) is 0 Å². The second-order valence-corrected chi connectivity index (χ2v) is 13.9. The fourth-order valence-electron chi connectivity index (χ4n) is 6.79. The van der Waals surface area contributed by atoms with Gasteiger partial charge in [0, 0.05) is 36.6 Å². The third kappa shape index (κ3) is 8.97. The molecular weight excluding hydrogens is 624 g/mol. The minimum atomic E-state index is -2.09. The molecule has 11 nitrogen and oxygen atoms in total. The minimum absolute atomic E-state index is 0.0122. The Morgan fingerprint density at radius 1 is 1.10 bits per heavy atom. The number of carbonyl (C=O) groups excluding carboxylic acids is 1. The SMILES string of the molecule is CCCC(CC[C@@](O)(CO)[C@H](O)[C@H](O)[C@@H](O)CNC(N)=O)c1ccc(C)cc1CNC1(c2cnccc2-c2ccccc2OC2CC2)CC1. The van der Waals surface area contributed by atoms with Crippen molar-refractivity contribution in [1.29, 1.82) is 0 Å². The number of carbonyl (C=O) groups is 1.